The molecule has 3 rings (SSSR count). The molecule has 0 aliphatic carbocycles. The summed E-state index contributed by atoms with van der Waals surface area (Å²) in [6.07, 6.45) is 0.701. The summed E-state index contributed by atoms with van der Waals surface area (Å²) in [5, 5.41) is 9.38. The Labute approximate surface area is 225 Å². The van der Waals surface area contributed by atoms with Crippen LogP contribution in [0.25, 0.3) is 11.1 Å². The zero-order valence-electron chi connectivity index (χ0n) is 23.9. The molecule has 0 aliphatic rings. The quantitative estimate of drug-likeness (QED) is 0.349. The summed E-state index contributed by atoms with van der Waals surface area (Å²) in [5.41, 5.74) is 9.08. The Balaban J connectivity index is 0.000000484. The minimum Gasteiger partial charge on any atom is -0.478 e. The monoisotopic (exact) mass is 527 g/mol. The average molecular weight is 528 g/mol. The Morgan fingerprint density at radius 1 is 1.05 bits per heavy atom. The second kappa shape index (κ2) is 13.0. The van der Waals surface area contributed by atoms with Gasteiger partial charge in [0.25, 0.3) is 6.01 Å². The molecule has 0 atom stereocenters. The third-order valence-electron chi connectivity index (χ3n) is 5.38. The van der Waals surface area contributed by atoms with Crippen molar-refractivity contribution in [3.8, 4) is 17.1 Å². The van der Waals surface area contributed by atoms with Crippen molar-refractivity contribution in [2.24, 2.45) is 5.73 Å². The molecule has 7 nitrogen and oxygen atoms in total. The molecule has 208 valence electrons. The minimum atomic E-state index is -1.05. The SMILES string of the molecule is CC(C)(C)OC(C)(C)C.CCOc1nc(CC)c(CN)n1Cc1ccc(-c2ccccc2C(=O)O)cc1F. The van der Waals surface area contributed by atoms with Crippen LogP contribution in [-0.2, 0) is 24.2 Å². The second-order valence-electron chi connectivity index (χ2n) is 10.8. The van der Waals surface area contributed by atoms with E-state index in [-0.39, 0.29) is 29.9 Å². The Kier molecular flexibility index (Phi) is 10.6. The molecule has 0 spiro atoms. The van der Waals surface area contributed by atoms with Gasteiger partial charge in [-0.25, -0.2) is 9.18 Å². The van der Waals surface area contributed by atoms with E-state index in [1.54, 1.807) is 34.9 Å². The first-order chi connectivity index (χ1) is 17.7. The number of aromatic nitrogens is 2. The minimum absolute atomic E-state index is 0.0156. The molecule has 0 aliphatic heterocycles. The van der Waals surface area contributed by atoms with Crippen LogP contribution in [0.2, 0.25) is 0 Å². The third kappa shape index (κ3) is 8.67. The van der Waals surface area contributed by atoms with E-state index in [0.29, 0.717) is 35.7 Å². The Morgan fingerprint density at radius 2 is 1.68 bits per heavy atom. The van der Waals surface area contributed by atoms with Gasteiger partial charge < -0.3 is 20.3 Å². The number of aryl methyl sites for hydroxylation is 1. The molecule has 0 radical (unpaired) electrons. The molecule has 1 heterocycles. The molecule has 3 aromatic rings. The van der Waals surface area contributed by atoms with Crippen LogP contribution in [0.5, 0.6) is 6.01 Å². The van der Waals surface area contributed by atoms with Gasteiger partial charge in [0.05, 0.1) is 41.3 Å². The molecule has 0 unspecified atom stereocenters. The highest BCUT2D eigenvalue weighted by Gasteiger charge is 2.20. The number of carboxylic acid groups (broad SMARTS) is 1. The molecule has 38 heavy (non-hydrogen) atoms. The molecule has 8 heteroatoms. The van der Waals surface area contributed by atoms with Gasteiger partial charge in [-0.15, -0.1) is 0 Å². The summed E-state index contributed by atoms with van der Waals surface area (Å²) < 4.78 is 28.0. The van der Waals surface area contributed by atoms with Crippen molar-refractivity contribution in [1.82, 2.24) is 9.55 Å². The van der Waals surface area contributed by atoms with E-state index in [0.717, 1.165) is 11.4 Å². The highest BCUT2D eigenvalue weighted by molar-refractivity contribution is 5.96. The maximum absolute atomic E-state index is 14.9. The first-order valence-electron chi connectivity index (χ1n) is 12.9. The normalized spacial score (nSPS) is 11.6. The van der Waals surface area contributed by atoms with Gasteiger partial charge in [0, 0.05) is 12.1 Å². The number of benzene rings is 2. The fourth-order valence-electron chi connectivity index (χ4n) is 4.28. The van der Waals surface area contributed by atoms with Crippen molar-refractivity contribution in [3.63, 3.8) is 0 Å². The number of carbonyl (C=O) groups is 1. The topological polar surface area (TPSA) is 99.6 Å². The molecule has 1 aromatic heterocycles. The van der Waals surface area contributed by atoms with Crippen molar-refractivity contribution in [2.75, 3.05) is 6.61 Å². The number of aromatic carboxylic acids is 1. The highest BCUT2D eigenvalue weighted by Crippen LogP contribution is 2.27. The van der Waals surface area contributed by atoms with Gasteiger partial charge in [0.15, 0.2) is 0 Å². The van der Waals surface area contributed by atoms with E-state index < -0.39 is 11.8 Å². The summed E-state index contributed by atoms with van der Waals surface area (Å²) in [7, 11) is 0. The number of carboxylic acids is 1. The molecule has 3 N–H and O–H groups in total. The fourth-order valence-corrected chi connectivity index (χ4v) is 4.28. The van der Waals surface area contributed by atoms with Gasteiger partial charge in [-0.05, 0) is 78.1 Å². The maximum Gasteiger partial charge on any atom is 0.336 e. The number of nitrogens with zero attached hydrogens (tertiary/aromatic N) is 2. The van der Waals surface area contributed by atoms with Crippen LogP contribution in [0.15, 0.2) is 42.5 Å². The van der Waals surface area contributed by atoms with E-state index in [1.165, 1.54) is 12.1 Å². The lowest BCUT2D eigenvalue weighted by Gasteiger charge is -2.30. The average Bonchev–Trinajstić information content (AvgIpc) is 3.14. The van der Waals surface area contributed by atoms with Gasteiger partial charge in [0.2, 0.25) is 0 Å². The number of ether oxygens (including phenoxy) is 2. The predicted molar refractivity (Wildman–Crippen MR) is 149 cm³/mol. The Bertz CT molecular complexity index is 1210. The van der Waals surface area contributed by atoms with Crippen LogP contribution in [0.3, 0.4) is 0 Å². The van der Waals surface area contributed by atoms with Gasteiger partial charge in [-0.2, -0.15) is 4.98 Å². The lowest BCUT2D eigenvalue weighted by Crippen LogP contribution is -2.31. The fraction of sp³-hybridized carbons (Fsp3) is 0.467. The van der Waals surface area contributed by atoms with E-state index in [4.69, 9.17) is 15.2 Å². The number of hydrogen-bond donors (Lipinski definition) is 2. The number of nitrogens with two attached hydrogens (primary N) is 1. The van der Waals surface area contributed by atoms with Gasteiger partial charge in [-0.1, -0.05) is 37.3 Å². The molecule has 0 saturated carbocycles. The summed E-state index contributed by atoms with van der Waals surface area (Å²) in [6.45, 7) is 17.2. The highest BCUT2D eigenvalue weighted by atomic mass is 19.1. The lowest BCUT2D eigenvalue weighted by molar-refractivity contribution is -0.102. The predicted octanol–water partition coefficient (Wildman–Crippen LogP) is 6.46. The van der Waals surface area contributed by atoms with E-state index >= 15 is 0 Å². The summed E-state index contributed by atoms with van der Waals surface area (Å²) in [6, 6.07) is 11.7. The molecule has 0 bridgehead atoms. The number of imidazole rings is 1. The molecule has 0 amide bonds. The standard InChI is InChI=1S/C22H24FN3O3.C8H18O/c1-3-19-20(12-24)26(22(25-19)29-4-2)13-15-10-9-14(11-18(15)23)16-7-5-6-8-17(16)21(27)28;1-7(2,3)9-8(4,5)6/h5-11H,3-4,12-13,24H2,1-2H3,(H,27,28);1-6H3. The smallest absolute Gasteiger partial charge is 0.336 e. The van der Waals surface area contributed by atoms with Crippen LogP contribution in [0.1, 0.15) is 82.7 Å². The first-order valence-corrected chi connectivity index (χ1v) is 12.9. The number of halogens is 1. The Hall–Kier alpha value is -3.23. The molecular weight excluding hydrogens is 485 g/mol. The van der Waals surface area contributed by atoms with E-state index in [2.05, 4.69) is 46.5 Å². The van der Waals surface area contributed by atoms with Gasteiger partial charge >= 0.3 is 5.97 Å². The van der Waals surface area contributed by atoms with Crippen molar-refractivity contribution in [1.29, 1.82) is 0 Å². The zero-order valence-corrected chi connectivity index (χ0v) is 23.9. The summed E-state index contributed by atoms with van der Waals surface area (Å²) in [5.74, 6) is -1.48. The van der Waals surface area contributed by atoms with E-state index in [1.807, 2.05) is 13.8 Å². The molecule has 0 fully saturated rings. The van der Waals surface area contributed by atoms with Crippen LogP contribution < -0.4 is 10.5 Å². The van der Waals surface area contributed by atoms with Crippen molar-refractivity contribution in [3.05, 3.63) is 70.8 Å². The number of hydrogen-bond acceptors (Lipinski definition) is 5. The molecule has 0 saturated heterocycles. The van der Waals surface area contributed by atoms with Crippen LogP contribution >= 0.6 is 0 Å². The Morgan fingerprint density at radius 3 is 2.16 bits per heavy atom. The third-order valence-corrected chi connectivity index (χ3v) is 5.38. The van der Waals surface area contributed by atoms with E-state index in [9.17, 15) is 14.3 Å². The van der Waals surface area contributed by atoms with Crippen LogP contribution in [0, 0.1) is 5.82 Å². The molecule has 2 aromatic carbocycles. The van der Waals surface area contributed by atoms with Crippen LogP contribution in [-0.4, -0.2) is 38.4 Å². The number of rotatable bonds is 8. The lowest BCUT2D eigenvalue weighted by atomic mass is 9.98. The largest absolute Gasteiger partial charge is 0.478 e. The van der Waals surface area contributed by atoms with Crippen molar-refractivity contribution < 1.29 is 23.8 Å². The van der Waals surface area contributed by atoms with Gasteiger partial charge in [-0.3, -0.25) is 4.57 Å². The summed E-state index contributed by atoms with van der Waals surface area (Å²) >= 11 is 0. The molecular formula is C30H42FN3O4. The van der Waals surface area contributed by atoms with Gasteiger partial charge in [0.1, 0.15) is 5.82 Å². The summed E-state index contributed by atoms with van der Waals surface area (Å²) in [4.78, 5) is 15.9. The second-order valence-corrected chi connectivity index (χ2v) is 10.8. The van der Waals surface area contributed by atoms with Crippen molar-refractivity contribution in [2.45, 2.75) is 86.1 Å². The van der Waals surface area contributed by atoms with Crippen LogP contribution in [0.4, 0.5) is 4.39 Å². The van der Waals surface area contributed by atoms with Crippen molar-refractivity contribution >= 4 is 5.97 Å². The zero-order chi connectivity index (χ0) is 28.7. The maximum atomic E-state index is 14.9. The first kappa shape index (κ1) is 31.0.